The number of hydrogen-bond acceptors (Lipinski definition) is 3. The van der Waals surface area contributed by atoms with Gasteiger partial charge in [-0.15, -0.1) is 0 Å². The molecule has 0 aromatic heterocycles. The summed E-state index contributed by atoms with van der Waals surface area (Å²) in [5.41, 5.74) is 5.66. The summed E-state index contributed by atoms with van der Waals surface area (Å²) in [4.78, 5) is 12.0. The first kappa shape index (κ1) is 17.4. The fourth-order valence-electron chi connectivity index (χ4n) is 2.90. The summed E-state index contributed by atoms with van der Waals surface area (Å²) < 4.78 is 6.09. The van der Waals surface area contributed by atoms with E-state index in [0.29, 0.717) is 6.54 Å². The van der Waals surface area contributed by atoms with E-state index in [1.54, 1.807) is 0 Å². The van der Waals surface area contributed by atoms with E-state index in [0.717, 1.165) is 51.5 Å². The van der Waals surface area contributed by atoms with Gasteiger partial charge in [-0.25, -0.2) is 0 Å². The second-order valence-electron chi connectivity index (χ2n) is 6.06. The maximum absolute atomic E-state index is 12.0. The fraction of sp³-hybridized carbons (Fsp3) is 0.938. The van der Waals surface area contributed by atoms with Crippen molar-refractivity contribution in [1.29, 1.82) is 0 Å². The minimum atomic E-state index is -0.404. The van der Waals surface area contributed by atoms with Crippen molar-refractivity contribution in [3.05, 3.63) is 0 Å². The van der Waals surface area contributed by atoms with Gasteiger partial charge in [0, 0.05) is 13.1 Å². The topological polar surface area (TPSA) is 64.3 Å². The minimum Gasteiger partial charge on any atom is -0.361 e. The molecule has 1 fully saturated rings. The number of carbonyl (C=O) groups excluding carboxylic acids is 1. The van der Waals surface area contributed by atoms with E-state index in [1.165, 1.54) is 12.8 Å². The Labute approximate surface area is 123 Å². The molecule has 1 aliphatic carbocycles. The quantitative estimate of drug-likeness (QED) is 0.532. The molecule has 4 heteroatoms. The molecule has 0 aliphatic heterocycles. The van der Waals surface area contributed by atoms with Crippen LogP contribution in [0.5, 0.6) is 0 Å². The first-order valence-corrected chi connectivity index (χ1v) is 8.29. The molecule has 0 heterocycles. The third-order valence-corrected chi connectivity index (χ3v) is 4.26. The summed E-state index contributed by atoms with van der Waals surface area (Å²) in [6.45, 7) is 5.26. The van der Waals surface area contributed by atoms with Gasteiger partial charge >= 0.3 is 0 Å². The standard InChI is InChI=1S/C16H32N2O2/c1-3-4-9-12-18-15(19)14(2)20-16(13-17)10-7-5-6-8-11-16/h14H,3-13,17H2,1-2H3,(H,18,19). The van der Waals surface area contributed by atoms with Crippen LogP contribution in [0, 0.1) is 0 Å². The SMILES string of the molecule is CCCCCNC(=O)C(C)OC1(CN)CCCCCC1. The summed E-state index contributed by atoms with van der Waals surface area (Å²) in [7, 11) is 0. The van der Waals surface area contributed by atoms with Crippen molar-refractivity contribution in [3.8, 4) is 0 Å². The van der Waals surface area contributed by atoms with Crippen LogP contribution in [0.15, 0.2) is 0 Å². The molecule has 20 heavy (non-hydrogen) atoms. The van der Waals surface area contributed by atoms with Crippen LogP contribution in [0.25, 0.3) is 0 Å². The highest BCUT2D eigenvalue weighted by atomic mass is 16.5. The highest BCUT2D eigenvalue weighted by Gasteiger charge is 2.33. The number of carbonyl (C=O) groups is 1. The van der Waals surface area contributed by atoms with E-state index in [9.17, 15) is 4.79 Å². The molecule has 0 saturated heterocycles. The predicted molar refractivity (Wildman–Crippen MR) is 82.6 cm³/mol. The molecule has 1 saturated carbocycles. The Hall–Kier alpha value is -0.610. The highest BCUT2D eigenvalue weighted by Crippen LogP contribution is 2.30. The van der Waals surface area contributed by atoms with Gasteiger partial charge in [0.15, 0.2) is 0 Å². The molecule has 1 unspecified atom stereocenters. The molecule has 1 rings (SSSR count). The molecule has 0 aromatic rings. The van der Waals surface area contributed by atoms with Gasteiger partial charge in [-0.1, -0.05) is 45.4 Å². The molecule has 118 valence electrons. The Morgan fingerprint density at radius 2 is 1.90 bits per heavy atom. The number of nitrogens with one attached hydrogen (secondary N) is 1. The van der Waals surface area contributed by atoms with E-state index in [1.807, 2.05) is 6.92 Å². The molecule has 1 atom stereocenters. The Morgan fingerprint density at radius 3 is 2.45 bits per heavy atom. The zero-order valence-electron chi connectivity index (χ0n) is 13.2. The lowest BCUT2D eigenvalue weighted by Gasteiger charge is -2.34. The number of amides is 1. The summed E-state index contributed by atoms with van der Waals surface area (Å²) in [6, 6.07) is 0. The molecule has 1 aliphatic rings. The number of nitrogens with two attached hydrogens (primary N) is 1. The van der Waals surface area contributed by atoms with Crippen molar-refractivity contribution in [1.82, 2.24) is 5.32 Å². The van der Waals surface area contributed by atoms with E-state index in [-0.39, 0.29) is 11.5 Å². The van der Waals surface area contributed by atoms with E-state index < -0.39 is 6.10 Å². The van der Waals surface area contributed by atoms with Crippen molar-refractivity contribution in [3.63, 3.8) is 0 Å². The molecule has 0 aromatic carbocycles. The normalized spacial score (nSPS) is 20.1. The van der Waals surface area contributed by atoms with Gasteiger partial charge in [-0.3, -0.25) is 4.79 Å². The lowest BCUT2D eigenvalue weighted by molar-refractivity contribution is -0.146. The predicted octanol–water partition coefficient (Wildman–Crippen LogP) is 2.75. The van der Waals surface area contributed by atoms with Crippen LogP contribution in [0.3, 0.4) is 0 Å². The second-order valence-corrected chi connectivity index (χ2v) is 6.06. The van der Waals surface area contributed by atoms with Crippen molar-refractivity contribution in [2.24, 2.45) is 5.73 Å². The van der Waals surface area contributed by atoms with E-state index in [2.05, 4.69) is 12.2 Å². The molecule has 1 amide bonds. The summed E-state index contributed by atoms with van der Waals surface area (Å²) in [5, 5.41) is 2.96. The van der Waals surface area contributed by atoms with Crippen molar-refractivity contribution in [2.75, 3.05) is 13.1 Å². The smallest absolute Gasteiger partial charge is 0.248 e. The third-order valence-electron chi connectivity index (χ3n) is 4.26. The van der Waals surface area contributed by atoms with Gasteiger partial charge in [-0.2, -0.15) is 0 Å². The maximum Gasteiger partial charge on any atom is 0.248 e. The van der Waals surface area contributed by atoms with Crippen LogP contribution < -0.4 is 11.1 Å². The van der Waals surface area contributed by atoms with E-state index in [4.69, 9.17) is 10.5 Å². The fourth-order valence-corrected chi connectivity index (χ4v) is 2.90. The lowest BCUT2D eigenvalue weighted by atomic mass is 9.94. The zero-order valence-corrected chi connectivity index (χ0v) is 13.2. The number of unbranched alkanes of at least 4 members (excludes halogenated alkanes) is 2. The van der Waals surface area contributed by atoms with Crippen molar-refractivity contribution < 1.29 is 9.53 Å². The maximum atomic E-state index is 12.0. The van der Waals surface area contributed by atoms with E-state index >= 15 is 0 Å². The summed E-state index contributed by atoms with van der Waals surface area (Å²) in [6.07, 6.45) is 9.74. The molecule has 0 spiro atoms. The Balaban J connectivity index is 2.40. The number of rotatable bonds is 8. The van der Waals surface area contributed by atoms with Crippen LogP contribution in [0.2, 0.25) is 0 Å². The Bertz CT molecular complexity index is 274. The van der Waals surface area contributed by atoms with Crippen LogP contribution in [0.1, 0.15) is 71.6 Å². The van der Waals surface area contributed by atoms with Gasteiger partial charge in [0.05, 0.1) is 5.60 Å². The monoisotopic (exact) mass is 284 g/mol. The Kier molecular flexibility index (Phi) is 8.15. The molecular weight excluding hydrogens is 252 g/mol. The van der Waals surface area contributed by atoms with Crippen LogP contribution in [-0.2, 0) is 9.53 Å². The van der Waals surface area contributed by atoms with Crippen molar-refractivity contribution in [2.45, 2.75) is 83.3 Å². The highest BCUT2D eigenvalue weighted by molar-refractivity contribution is 5.80. The van der Waals surface area contributed by atoms with Gasteiger partial charge < -0.3 is 15.8 Å². The van der Waals surface area contributed by atoms with Gasteiger partial charge in [0.1, 0.15) is 6.10 Å². The largest absolute Gasteiger partial charge is 0.361 e. The molecule has 0 bridgehead atoms. The number of ether oxygens (including phenoxy) is 1. The van der Waals surface area contributed by atoms with Gasteiger partial charge in [-0.05, 0) is 26.2 Å². The molecule has 4 nitrogen and oxygen atoms in total. The van der Waals surface area contributed by atoms with Gasteiger partial charge in [0.25, 0.3) is 0 Å². The first-order valence-electron chi connectivity index (χ1n) is 8.29. The molecule has 0 radical (unpaired) electrons. The second kappa shape index (κ2) is 9.35. The third kappa shape index (κ3) is 5.80. The number of hydrogen-bond donors (Lipinski definition) is 2. The van der Waals surface area contributed by atoms with Crippen LogP contribution >= 0.6 is 0 Å². The minimum absolute atomic E-state index is 0.00169. The van der Waals surface area contributed by atoms with Crippen LogP contribution in [0.4, 0.5) is 0 Å². The first-order chi connectivity index (χ1) is 9.63. The summed E-state index contributed by atoms with van der Waals surface area (Å²) in [5.74, 6) is -0.00169. The average Bonchev–Trinajstić information content (AvgIpc) is 2.69. The van der Waals surface area contributed by atoms with Crippen LogP contribution in [-0.4, -0.2) is 30.7 Å². The van der Waals surface area contributed by atoms with Gasteiger partial charge in [0.2, 0.25) is 5.91 Å². The summed E-state index contributed by atoms with van der Waals surface area (Å²) >= 11 is 0. The average molecular weight is 284 g/mol. The molecular formula is C16H32N2O2. The van der Waals surface area contributed by atoms with Crippen molar-refractivity contribution >= 4 is 5.91 Å². The molecule has 3 N–H and O–H groups in total. The zero-order chi connectivity index (χ0) is 14.8. The lowest BCUT2D eigenvalue weighted by Crippen LogP contribution is -2.47. The Morgan fingerprint density at radius 1 is 1.25 bits per heavy atom.